The van der Waals surface area contributed by atoms with Crippen molar-refractivity contribution in [2.24, 2.45) is 0 Å². The van der Waals surface area contributed by atoms with Crippen LogP contribution in [0.5, 0.6) is 5.75 Å². The molecule has 1 heterocycles. The normalized spacial score (nSPS) is 17.3. The van der Waals surface area contributed by atoms with E-state index in [2.05, 4.69) is 17.2 Å². The fourth-order valence-corrected chi connectivity index (χ4v) is 3.91. The third-order valence-electron chi connectivity index (χ3n) is 5.06. The molecule has 1 atom stereocenters. The number of piperazine rings is 1. The van der Waals surface area contributed by atoms with Crippen LogP contribution in [0.3, 0.4) is 0 Å². The molecule has 1 aromatic carbocycles. The van der Waals surface area contributed by atoms with E-state index in [0.29, 0.717) is 11.3 Å². The van der Waals surface area contributed by atoms with E-state index in [1.165, 1.54) is 11.2 Å². The number of rotatable bonds is 8. The Morgan fingerprint density at radius 1 is 1.20 bits per heavy atom. The van der Waals surface area contributed by atoms with E-state index in [1.807, 2.05) is 0 Å². The van der Waals surface area contributed by atoms with Crippen LogP contribution in [0.4, 0.5) is 0 Å². The van der Waals surface area contributed by atoms with Gasteiger partial charge in [0, 0.05) is 38.3 Å². The highest BCUT2D eigenvalue weighted by Crippen LogP contribution is 2.19. The Morgan fingerprint density at radius 3 is 2.30 bits per heavy atom. The topological polar surface area (TPSA) is 116 Å². The summed E-state index contributed by atoms with van der Waals surface area (Å²) in [4.78, 5) is 26.1. The van der Waals surface area contributed by atoms with Gasteiger partial charge in [0.15, 0.2) is 0 Å². The average Bonchev–Trinajstić information content (AvgIpc) is 2.71. The lowest BCUT2D eigenvalue weighted by molar-refractivity contribution is -0.151. The number of carboxylic acids is 1. The molecule has 1 aliphatic rings. The van der Waals surface area contributed by atoms with Crippen molar-refractivity contribution in [2.75, 3.05) is 45.6 Å². The molecule has 0 aliphatic carbocycles. The Balaban J connectivity index is 1.99. The minimum atomic E-state index is -3.32. The molecule has 1 amide bonds. The molecule has 1 saturated heterocycles. The van der Waals surface area contributed by atoms with E-state index in [9.17, 15) is 23.1 Å². The number of nitrogens with one attached hydrogen (secondary N) is 1. The maximum Gasteiger partial charge on any atom is 0.325 e. The molecule has 0 unspecified atom stereocenters. The summed E-state index contributed by atoms with van der Waals surface area (Å²) in [6, 6.07) is 6.47. The third kappa shape index (κ3) is 5.95. The average molecular weight is 438 g/mol. The fraction of sp³-hybridized carbons (Fsp3) is 0.500. The Hall–Kier alpha value is -2.61. The molecule has 0 aromatic heterocycles. The van der Waals surface area contributed by atoms with Crippen LogP contribution in [0.2, 0.25) is 0 Å². The standard InChI is InChI=1S/C20H27N3O6S/c1-4-5-14-29-17-8-6-16(7-9-17)18(24)21-15-20(2,19(25)26)22-10-12-23(13-11-22)30(3,27)28/h6-9H,10-15H2,1-3H3,(H,21,24)(H,25,26)/t20-/m0/s1. The van der Waals surface area contributed by atoms with Crippen LogP contribution >= 0.6 is 0 Å². The van der Waals surface area contributed by atoms with Crippen molar-refractivity contribution in [3.8, 4) is 17.6 Å². The summed E-state index contributed by atoms with van der Waals surface area (Å²) in [6.45, 7) is 4.32. The summed E-state index contributed by atoms with van der Waals surface area (Å²) in [6.07, 6.45) is 1.13. The number of nitrogens with zero attached hydrogens (tertiary/aromatic N) is 2. The summed E-state index contributed by atoms with van der Waals surface area (Å²) < 4.78 is 30.1. The maximum atomic E-state index is 12.5. The SMILES string of the molecule is CC#CCOc1ccc(C(=O)NC[C@@](C)(C(=O)O)N2CCN(S(C)(=O)=O)CC2)cc1. The zero-order valence-corrected chi connectivity index (χ0v) is 18.2. The molecule has 2 N–H and O–H groups in total. The second-order valence-electron chi connectivity index (χ2n) is 7.15. The van der Waals surface area contributed by atoms with Gasteiger partial charge in [0.1, 0.15) is 17.9 Å². The second kappa shape index (κ2) is 9.93. The minimum Gasteiger partial charge on any atom is -0.481 e. The number of benzene rings is 1. The minimum absolute atomic E-state index is 0.121. The molecule has 30 heavy (non-hydrogen) atoms. The van der Waals surface area contributed by atoms with Crippen LogP contribution in [0, 0.1) is 11.8 Å². The number of ether oxygens (including phenoxy) is 1. The van der Waals surface area contributed by atoms with Gasteiger partial charge in [-0.15, -0.1) is 5.92 Å². The van der Waals surface area contributed by atoms with Crippen LogP contribution in [0.25, 0.3) is 0 Å². The predicted molar refractivity (Wildman–Crippen MR) is 112 cm³/mol. The molecule has 1 aromatic rings. The quantitative estimate of drug-likeness (QED) is 0.560. The zero-order valence-electron chi connectivity index (χ0n) is 17.3. The largest absolute Gasteiger partial charge is 0.481 e. The van der Waals surface area contributed by atoms with Crippen molar-refractivity contribution in [3.05, 3.63) is 29.8 Å². The van der Waals surface area contributed by atoms with Crippen molar-refractivity contribution < 1.29 is 27.9 Å². The van der Waals surface area contributed by atoms with E-state index < -0.39 is 27.4 Å². The predicted octanol–water partition coefficient (Wildman–Crippen LogP) is 0.239. The van der Waals surface area contributed by atoms with Crippen molar-refractivity contribution in [3.63, 3.8) is 0 Å². The van der Waals surface area contributed by atoms with Gasteiger partial charge in [-0.05, 0) is 38.1 Å². The third-order valence-corrected chi connectivity index (χ3v) is 6.37. The number of carbonyl (C=O) groups is 2. The molecule has 0 spiro atoms. The fourth-order valence-electron chi connectivity index (χ4n) is 3.08. The summed E-state index contributed by atoms with van der Waals surface area (Å²) in [5.41, 5.74) is -0.986. The summed E-state index contributed by atoms with van der Waals surface area (Å²) in [5.74, 6) is 4.58. The molecule has 1 fully saturated rings. The van der Waals surface area contributed by atoms with Crippen LogP contribution in [-0.2, 0) is 14.8 Å². The number of amides is 1. The molecule has 2 rings (SSSR count). The van der Waals surface area contributed by atoms with E-state index in [-0.39, 0.29) is 39.3 Å². The van der Waals surface area contributed by atoms with Crippen LogP contribution in [-0.4, -0.2) is 85.7 Å². The maximum absolute atomic E-state index is 12.5. The van der Waals surface area contributed by atoms with Gasteiger partial charge in [0.05, 0.1) is 6.26 Å². The molecule has 0 saturated carbocycles. The van der Waals surface area contributed by atoms with Gasteiger partial charge in [0.2, 0.25) is 10.0 Å². The van der Waals surface area contributed by atoms with E-state index >= 15 is 0 Å². The lowest BCUT2D eigenvalue weighted by atomic mass is 9.98. The lowest BCUT2D eigenvalue weighted by Crippen LogP contribution is -2.63. The van der Waals surface area contributed by atoms with E-state index in [1.54, 1.807) is 36.1 Å². The highest BCUT2D eigenvalue weighted by atomic mass is 32.2. The molecule has 10 heteroatoms. The van der Waals surface area contributed by atoms with Gasteiger partial charge < -0.3 is 15.2 Å². The first kappa shape index (κ1) is 23.7. The van der Waals surface area contributed by atoms with Gasteiger partial charge in [-0.25, -0.2) is 8.42 Å². The van der Waals surface area contributed by atoms with Gasteiger partial charge in [-0.1, -0.05) is 5.92 Å². The smallest absolute Gasteiger partial charge is 0.325 e. The van der Waals surface area contributed by atoms with E-state index in [0.717, 1.165) is 6.26 Å². The first-order valence-electron chi connectivity index (χ1n) is 9.42. The van der Waals surface area contributed by atoms with E-state index in [4.69, 9.17) is 4.74 Å². The first-order chi connectivity index (χ1) is 14.1. The summed E-state index contributed by atoms with van der Waals surface area (Å²) in [5, 5.41) is 12.5. The molecule has 1 aliphatic heterocycles. The summed E-state index contributed by atoms with van der Waals surface area (Å²) in [7, 11) is -3.32. The number of carboxylic acid groups (broad SMARTS) is 1. The van der Waals surface area contributed by atoms with Crippen LogP contribution in [0.1, 0.15) is 24.2 Å². The van der Waals surface area contributed by atoms with Crippen molar-refractivity contribution in [2.45, 2.75) is 19.4 Å². The molecule has 0 radical (unpaired) electrons. The highest BCUT2D eigenvalue weighted by molar-refractivity contribution is 7.88. The van der Waals surface area contributed by atoms with Gasteiger partial charge in [-0.2, -0.15) is 4.31 Å². The summed E-state index contributed by atoms with van der Waals surface area (Å²) >= 11 is 0. The number of aliphatic carboxylic acids is 1. The van der Waals surface area contributed by atoms with Crippen molar-refractivity contribution in [1.29, 1.82) is 0 Å². The van der Waals surface area contributed by atoms with Crippen molar-refractivity contribution >= 4 is 21.9 Å². The van der Waals surface area contributed by atoms with Crippen molar-refractivity contribution in [1.82, 2.24) is 14.5 Å². The number of carbonyl (C=O) groups excluding carboxylic acids is 1. The highest BCUT2D eigenvalue weighted by Gasteiger charge is 2.42. The number of hydrogen-bond acceptors (Lipinski definition) is 6. The van der Waals surface area contributed by atoms with Gasteiger partial charge in [-0.3, -0.25) is 14.5 Å². The lowest BCUT2D eigenvalue weighted by Gasteiger charge is -2.42. The molecular formula is C20H27N3O6S. The molecule has 164 valence electrons. The monoisotopic (exact) mass is 437 g/mol. The number of sulfonamides is 1. The van der Waals surface area contributed by atoms with Crippen LogP contribution in [0.15, 0.2) is 24.3 Å². The molecule has 0 bridgehead atoms. The van der Waals surface area contributed by atoms with Crippen LogP contribution < -0.4 is 10.1 Å². The Morgan fingerprint density at radius 2 is 1.80 bits per heavy atom. The first-order valence-corrected chi connectivity index (χ1v) is 11.3. The molecular weight excluding hydrogens is 410 g/mol. The number of hydrogen-bond donors (Lipinski definition) is 2. The Bertz CT molecular complexity index is 928. The zero-order chi connectivity index (χ0) is 22.4. The molecule has 9 nitrogen and oxygen atoms in total. The Labute approximate surface area is 177 Å². The van der Waals surface area contributed by atoms with Gasteiger partial charge in [0.25, 0.3) is 5.91 Å². The second-order valence-corrected chi connectivity index (χ2v) is 9.13. The Kier molecular flexibility index (Phi) is 7.83. The van der Waals surface area contributed by atoms with Gasteiger partial charge >= 0.3 is 5.97 Å².